The van der Waals surface area contributed by atoms with Crippen molar-refractivity contribution in [2.45, 2.75) is 32.0 Å². The van der Waals surface area contributed by atoms with E-state index in [1.165, 1.54) is 5.56 Å². The maximum absolute atomic E-state index is 6.06. The van der Waals surface area contributed by atoms with E-state index in [-0.39, 0.29) is 11.6 Å². The van der Waals surface area contributed by atoms with Crippen LogP contribution in [0.3, 0.4) is 0 Å². The molecule has 0 saturated carbocycles. The molecule has 0 aliphatic carbocycles. The Kier molecular flexibility index (Phi) is 5.56. The van der Waals surface area contributed by atoms with E-state index in [9.17, 15) is 0 Å². The number of nitrogens with zero attached hydrogens (tertiary/aromatic N) is 2. The lowest BCUT2D eigenvalue weighted by molar-refractivity contribution is -0.0974. The fraction of sp³-hybridized carbons (Fsp3) is 0.500. The van der Waals surface area contributed by atoms with Crippen molar-refractivity contribution in [2.75, 3.05) is 26.2 Å². The molecule has 1 aliphatic heterocycles. The molecule has 5 nitrogen and oxygen atoms in total. The summed E-state index contributed by atoms with van der Waals surface area (Å²) in [5.41, 5.74) is 2.24. The molecule has 1 fully saturated rings. The van der Waals surface area contributed by atoms with Crippen LogP contribution in [0.1, 0.15) is 31.1 Å². The number of aromatic nitrogens is 2. The highest BCUT2D eigenvalue weighted by Gasteiger charge is 2.31. The second-order valence-corrected chi connectivity index (χ2v) is 7.30. The number of hydrogen-bond acceptors (Lipinski definition) is 4. The number of nitrogens with one attached hydrogen (secondary N) is 2. The summed E-state index contributed by atoms with van der Waals surface area (Å²) < 4.78 is 5.87. The third kappa shape index (κ3) is 4.57. The number of H-pyrrole nitrogens is 1. The minimum absolute atomic E-state index is 0.119. The van der Waals surface area contributed by atoms with Crippen LogP contribution in [0.15, 0.2) is 36.5 Å². The van der Waals surface area contributed by atoms with Crippen molar-refractivity contribution in [3.63, 3.8) is 0 Å². The fourth-order valence-corrected chi connectivity index (χ4v) is 3.31. The quantitative estimate of drug-likeness (QED) is 0.842. The van der Waals surface area contributed by atoms with Gasteiger partial charge in [0.1, 0.15) is 0 Å². The van der Waals surface area contributed by atoms with Crippen molar-refractivity contribution in [3.05, 3.63) is 52.8 Å². The summed E-state index contributed by atoms with van der Waals surface area (Å²) in [6, 6.07) is 10.4. The van der Waals surface area contributed by atoms with Crippen LogP contribution in [0, 0.1) is 0 Å². The van der Waals surface area contributed by atoms with E-state index in [1.54, 1.807) is 6.20 Å². The van der Waals surface area contributed by atoms with Gasteiger partial charge in [-0.05, 0) is 37.6 Å². The second-order valence-electron chi connectivity index (χ2n) is 6.86. The Hall–Kier alpha value is -1.40. The molecular weight excluding hydrogens is 324 g/mol. The first-order chi connectivity index (χ1) is 11.5. The first-order valence-electron chi connectivity index (χ1n) is 8.36. The summed E-state index contributed by atoms with van der Waals surface area (Å²) >= 11 is 6.06. The lowest BCUT2D eigenvalue weighted by Crippen LogP contribution is -2.51. The molecule has 1 unspecified atom stereocenters. The van der Waals surface area contributed by atoms with Gasteiger partial charge in [-0.1, -0.05) is 23.7 Å². The molecule has 130 valence electrons. The van der Waals surface area contributed by atoms with Gasteiger partial charge in [0.15, 0.2) is 0 Å². The number of rotatable bonds is 6. The third-order valence-corrected chi connectivity index (χ3v) is 4.61. The smallest absolute Gasteiger partial charge is 0.0753 e. The molecule has 6 heteroatoms. The van der Waals surface area contributed by atoms with E-state index >= 15 is 0 Å². The van der Waals surface area contributed by atoms with Gasteiger partial charge in [0.05, 0.1) is 12.2 Å². The Morgan fingerprint density at radius 1 is 1.33 bits per heavy atom. The predicted molar refractivity (Wildman–Crippen MR) is 96.1 cm³/mol. The molecule has 2 N–H and O–H groups in total. The number of hydrogen-bond donors (Lipinski definition) is 2. The van der Waals surface area contributed by atoms with Crippen LogP contribution in [-0.4, -0.2) is 46.9 Å². The van der Waals surface area contributed by atoms with Gasteiger partial charge in [0.25, 0.3) is 0 Å². The van der Waals surface area contributed by atoms with Crippen molar-refractivity contribution in [2.24, 2.45) is 0 Å². The number of halogens is 1. The molecule has 1 atom stereocenters. The first-order valence-corrected chi connectivity index (χ1v) is 8.74. The van der Waals surface area contributed by atoms with E-state index in [1.807, 2.05) is 18.2 Å². The van der Waals surface area contributed by atoms with Crippen LogP contribution in [0.5, 0.6) is 0 Å². The lowest BCUT2D eigenvalue weighted by atomic mass is 10.0. The van der Waals surface area contributed by atoms with Crippen molar-refractivity contribution >= 4 is 11.6 Å². The predicted octanol–water partition coefficient (Wildman–Crippen LogP) is 3.00. The molecule has 2 heterocycles. The van der Waals surface area contributed by atoms with Gasteiger partial charge in [0.2, 0.25) is 0 Å². The molecular formula is C18H25ClN4O. The van der Waals surface area contributed by atoms with Crippen LogP contribution >= 0.6 is 11.6 Å². The zero-order valence-electron chi connectivity index (χ0n) is 14.3. The van der Waals surface area contributed by atoms with Crippen LogP contribution in [0.25, 0.3) is 0 Å². The maximum Gasteiger partial charge on any atom is 0.0753 e. The molecule has 24 heavy (non-hydrogen) atoms. The lowest BCUT2D eigenvalue weighted by Gasteiger charge is -2.42. The summed E-state index contributed by atoms with van der Waals surface area (Å²) in [6.07, 6.45) is 1.78. The van der Waals surface area contributed by atoms with Crippen molar-refractivity contribution in [1.82, 2.24) is 20.4 Å². The largest absolute Gasteiger partial charge is 0.373 e. The highest BCUT2D eigenvalue weighted by molar-refractivity contribution is 6.30. The highest BCUT2D eigenvalue weighted by Crippen LogP contribution is 2.27. The number of aromatic amines is 1. The van der Waals surface area contributed by atoms with E-state index in [0.29, 0.717) is 0 Å². The molecule has 3 rings (SSSR count). The topological polar surface area (TPSA) is 53.2 Å². The molecule has 0 amide bonds. The first kappa shape index (κ1) is 17.4. The Balaban J connectivity index is 1.71. The molecule has 0 radical (unpaired) electrons. The Morgan fingerprint density at radius 2 is 2.12 bits per heavy atom. The number of benzene rings is 1. The van der Waals surface area contributed by atoms with Gasteiger partial charge in [-0.3, -0.25) is 10.00 Å². The van der Waals surface area contributed by atoms with Gasteiger partial charge >= 0.3 is 0 Å². The number of morpholine rings is 1. The average Bonchev–Trinajstić information content (AvgIpc) is 3.05. The van der Waals surface area contributed by atoms with Crippen LogP contribution in [-0.2, 0) is 11.3 Å². The normalized spacial score (nSPS) is 19.3. The number of ether oxygens (including phenoxy) is 1. The molecule has 0 bridgehead atoms. The second kappa shape index (κ2) is 7.66. The Bertz CT molecular complexity index is 627. The van der Waals surface area contributed by atoms with Crippen LogP contribution in [0.2, 0.25) is 5.02 Å². The summed E-state index contributed by atoms with van der Waals surface area (Å²) in [5.74, 6) is 0. The Morgan fingerprint density at radius 3 is 2.79 bits per heavy atom. The van der Waals surface area contributed by atoms with E-state index < -0.39 is 0 Å². The summed E-state index contributed by atoms with van der Waals surface area (Å²) in [7, 11) is 0. The molecule has 1 aromatic carbocycles. The third-order valence-electron chi connectivity index (χ3n) is 4.36. The summed E-state index contributed by atoms with van der Waals surface area (Å²) in [6.45, 7) is 8.53. The van der Waals surface area contributed by atoms with Gasteiger partial charge in [-0.15, -0.1) is 0 Å². The summed E-state index contributed by atoms with van der Waals surface area (Å²) in [5, 5.41) is 11.3. The van der Waals surface area contributed by atoms with Crippen LogP contribution < -0.4 is 5.32 Å². The SMILES string of the molecule is CC1(C)CN(C(CNCc2ccn[nH]2)c2ccc(Cl)cc2)CCO1. The molecule has 1 aliphatic rings. The van der Waals surface area contributed by atoms with E-state index in [4.69, 9.17) is 16.3 Å². The molecule has 1 aromatic heterocycles. The standard InChI is InChI=1S/C18H25ClN4O/c1-18(2)13-23(9-10-24-18)17(14-3-5-15(19)6-4-14)12-20-11-16-7-8-21-22-16/h3-8,17,20H,9-13H2,1-2H3,(H,21,22). The van der Waals surface area contributed by atoms with Gasteiger partial charge in [0, 0.05) is 49.1 Å². The van der Waals surface area contributed by atoms with Crippen molar-refractivity contribution in [1.29, 1.82) is 0 Å². The van der Waals surface area contributed by atoms with Gasteiger partial charge < -0.3 is 10.1 Å². The van der Waals surface area contributed by atoms with Crippen molar-refractivity contribution in [3.8, 4) is 0 Å². The zero-order chi connectivity index (χ0) is 17.0. The highest BCUT2D eigenvalue weighted by atomic mass is 35.5. The van der Waals surface area contributed by atoms with E-state index in [2.05, 4.69) is 46.4 Å². The monoisotopic (exact) mass is 348 g/mol. The molecule has 0 spiro atoms. The fourth-order valence-electron chi connectivity index (χ4n) is 3.19. The van der Waals surface area contributed by atoms with E-state index in [0.717, 1.165) is 43.5 Å². The van der Waals surface area contributed by atoms with Crippen molar-refractivity contribution < 1.29 is 4.74 Å². The molecule has 2 aromatic rings. The maximum atomic E-state index is 6.06. The van der Waals surface area contributed by atoms with Gasteiger partial charge in [-0.2, -0.15) is 5.10 Å². The van der Waals surface area contributed by atoms with Gasteiger partial charge in [-0.25, -0.2) is 0 Å². The molecule has 1 saturated heterocycles. The summed E-state index contributed by atoms with van der Waals surface area (Å²) in [4.78, 5) is 2.49. The van der Waals surface area contributed by atoms with Crippen LogP contribution in [0.4, 0.5) is 0 Å². The average molecular weight is 349 g/mol. The Labute approximate surface area is 148 Å². The minimum atomic E-state index is -0.119. The minimum Gasteiger partial charge on any atom is -0.373 e. The zero-order valence-corrected chi connectivity index (χ0v) is 15.0.